The predicted octanol–water partition coefficient (Wildman–Crippen LogP) is 6.54. The minimum Gasteiger partial charge on any atom is -0.480 e. The Kier molecular flexibility index (Phi) is 12.6. The average Bonchev–Trinajstić information content (AvgIpc) is 2.61. The largest absolute Gasteiger partial charge is 0.480 e. The van der Waals surface area contributed by atoms with E-state index in [1.807, 2.05) is 0 Å². The van der Waals surface area contributed by atoms with Crippen molar-refractivity contribution in [3.63, 3.8) is 0 Å². The Hall–Kier alpha value is -0.680. The van der Waals surface area contributed by atoms with Crippen molar-refractivity contribution in [2.45, 2.75) is 96.3 Å². The number of rotatable bonds is 15. The summed E-state index contributed by atoms with van der Waals surface area (Å²) in [5.41, 5.74) is -2.12. The molecule has 0 heterocycles. The van der Waals surface area contributed by atoms with Gasteiger partial charge in [-0.15, -0.1) is 0 Å². The van der Waals surface area contributed by atoms with Gasteiger partial charge >= 0.3 is 24.0 Å². The van der Waals surface area contributed by atoms with Crippen molar-refractivity contribution in [3.8, 4) is 0 Å². The topological polar surface area (TPSA) is 63.6 Å². The minimum absolute atomic E-state index is 0.153. The van der Waals surface area contributed by atoms with E-state index in [0.717, 1.165) is 23.7 Å². The van der Waals surface area contributed by atoms with E-state index in [1.54, 1.807) is 13.8 Å². The highest BCUT2D eigenvalue weighted by Crippen LogP contribution is 2.41. The van der Waals surface area contributed by atoms with Gasteiger partial charge in [-0.1, -0.05) is 55.2 Å². The molecule has 0 aromatic carbocycles. The number of unbranched alkanes of at least 4 members (excludes halogenated alkanes) is 4. The van der Waals surface area contributed by atoms with Gasteiger partial charge in [0.05, 0.1) is 6.10 Å². The van der Waals surface area contributed by atoms with Crippen molar-refractivity contribution < 1.29 is 41.4 Å². The molecule has 0 fully saturated rings. The third-order valence-corrected chi connectivity index (χ3v) is 5.69. The Balaban J connectivity index is 5.26. The summed E-state index contributed by atoms with van der Waals surface area (Å²) in [6, 6.07) is 0. The van der Waals surface area contributed by atoms with Crippen LogP contribution in [0.5, 0.6) is 0 Å². The zero-order chi connectivity index (χ0) is 22.7. The molecular formula is C19H30F5IO4. The lowest BCUT2D eigenvalue weighted by Crippen LogP contribution is -2.43. The zero-order valence-electron chi connectivity index (χ0n) is 16.8. The maximum Gasteiger partial charge on any atom is 0.453 e. The molecule has 0 aromatic heterocycles. The molecular weight excluding hydrogens is 514 g/mol. The van der Waals surface area contributed by atoms with Crippen LogP contribution in [0.4, 0.5) is 22.0 Å². The molecule has 0 spiro atoms. The van der Waals surface area contributed by atoms with Crippen molar-refractivity contribution in [2.75, 3.05) is 4.43 Å². The van der Waals surface area contributed by atoms with Gasteiger partial charge in [-0.2, -0.15) is 22.0 Å². The standard InChI is InChI=1S/C19H30F5IO4/c1-3-14(2)29-16(28)17(15(26)27,10-7-5-4-6-8-13-25)11-9-12-18(20,21)19(22,23)24/h14H,3-13H2,1-2H3,(H,26,27). The molecule has 0 saturated heterocycles. The molecule has 2 atom stereocenters. The van der Waals surface area contributed by atoms with Crippen LogP contribution < -0.4 is 0 Å². The van der Waals surface area contributed by atoms with Crippen LogP contribution in [-0.2, 0) is 14.3 Å². The van der Waals surface area contributed by atoms with Gasteiger partial charge in [-0.25, -0.2) is 0 Å². The first-order chi connectivity index (χ1) is 13.3. The Bertz CT molecular complexity index is 513. The van der Waals surface area contributed by atoms with Gasteiger partial charge in [0.1, 0.15) is 0 Å². The Morgan fingerprint density at radius 1 is 0.931 bits per heavy atom. The first kappa shape index (κ1) is 28.3. The van der Waals surface area contributed by atoms with Gasteiger partial charge in [-0.3, -0.25) is 9.59 Å². The highest BCUT2D eigenvalue weighted by molar-refractivity contribution is 14.1. The number of hydrogen-bond donors (Lipinski definition) is 1. The summed E-state index contributed by atoms with van der Waals surface area (Å²) in [5, 5.41) is 9.70. The van der Waals surface area contributed by atoms with Crippen LogP contribution in [0.25, 0.3) is 0 Å². The van der Waals surface area contributed by atoms with Crippen molar-refractivity contribution in [2.24, 2.45) is 5.41 Å². The maximum atomic E-state index is 13.2. The summed E-state index contributed by atoms with van der Waals surface area (Å²) < 4.78 is 69.7. The number of hydrogen-bond acceptors (Lipinski definition) is 3. The Labute approximate surface area is 182 Å². The second kappa shape index (κ2) is 12.9. The van der Waals surface area contributed by atoms with Crippen LogP contribution in [-0.4, -0.2) is 39.7 Å². The lowest BCUT2D eigenvalue weighted by Gasteiger charge is -2.29. The summed E-state index contributed by atoms with van der Waals surface area (Å²) in [7, 11) is 0. The number of carbonyl (C=O) groups excluding carboxylic acids is 1. The third kappa shape index (κ3) is 9.33. The molecule has 0 rings (SSSR count). The van der Waals surface area contributed by atoms with Crippen LogP contribution in [0.3, 0.4) is 0 Å². The molecule has 10 heteroatoms. The SMILES string of the molecule is CCC(C)OC(=O)C(CCCCCCCI)(CCCC(F)(F)C(F)(F)F)C(=O)O. The van der Waals surface area contributed by atoms with Crippen molar-refractivity contribution in [1.82, 2.24) is 0 Å². The van der Waals surface area contributed by atoms with Crippen LogP contribution in [0, 0.1) is 5.41 Å². The van der Waals surface area contributed by atoms with E-state index < -0.39 is 54.8 Å². The predicted molar refractivity (Wildman–Crippen MR) is 107 cm³/mol. The fourth-order valence-corrected chi connectivity index (χ4v) is 3.35. The fraction of sp³-hybridized carbons (Fsp3) is 0.895. The summed E-state index contributed by atoms with van der Waals surface area (Å²) in [6.07, 6.45) is -5.23. The number of alkyl halides is 6. The molecule has 172 valence electrons. The molecule has 0 aromatic rings. The quantitative estimate of drug-likeness (QED) is 0.0635. The molecule has 0 bridgehead atoms. The second-order valence-corrected chi connectivity index (χ2v) is 8.35. The number of esters is 1. The van der Waals surface area contributed by atoms with Gasteiger partial charge in [0.2, 0.25) is 0 Å². The van der Waals surface area contributed by atoms with Crippen molar-refractivity contribution in [1.29, 1.82) is 0 Å². The monoisotopic (exact) mass is 544 g/mol. The number of carboxylic acid groups (broad SMARTS) is 1. The molecule has 0 aliphatic heterocycles. The fourth-order valence-electron chi connectivity index (χ4n) is 2.81. The number of carboxylic acids is 1. The Morgan fingerprint density at radius 3 is 1.93 bits per heavy atom. The number of carbonyl (C=O) groups is 2. The highest BCUT2D eigenvalue weighted by Gasteiger charge is 2.57. The molecule has 0 aliphatic carbocycles. The summed E-state index contributed by atoms with van der Waals surface area (Å²) in [4.78, 5) is 24.5. The van der Waals surface area contributed by atoms with Gasteiger partial charge in [-0.05, 0) is 43.5 Å². The van der Waals surface area contributed by atoms with E-state index in [0.29, 0.717) is 19.3 Å². The van der Waals surface area contributed by atoms with Gasteiger partial charge < -0.3 is 9.84 Å². The molecule has 0 aliphatic rings. The van der Waals surface area contributed by atoms with Crippen LogP contribution in [0.1, 0.15) is 78.1 Å². The second-order valence-electron chi connectivity index (χ2n) is 7.27. The first-order valence-corrected chi connectivity index (χ1v) is 11.3. The van der Waals surface area contributed by atoms with Crippen LogP contribution in [0.15, 0.2) is 0 Å². The molecule has 1 N–H and O–H groups in total. The molecule has 0 amide bonds. The van der Waals surface area contributed by atoms with E-state index in [1.165, 1.54) is 0 Å². The van der Waals surface area contributed by atoms with Crippen molar-refractivity contribution in [3.05, 3.63) is 0 Å². The van der Waals surface area contributed by atoms with E-state index in [9.17, 15) is 36.6 Å². The first-order valence-electron chi connectivity index (χ1n) is 9.79. The van der Waals surface area contributed by atoms with Gasteiger partial charge in [0.15, 0.2) is 5.41 Å². The van der Waals surface area contributed by atoms with E-state index in [2.05, 4.69) is 22.6 Å². The number of ether oxygens (including phenoxy) is 1. The minimum atomic E-state index is -5.71. The molecule has 0 saturated carbocycles. The smallest absolute Gasteiger partial charge is 0.453 e. The summed E-state index contributed by atoms with van der Waals surface area (Å²) >= 11 is 2.24. The zero-order valence-corrected chi connectivity index (χ0v) is 19.0. The van der Waals surface area contributed by atoms with E-state index in [4.69, 9.17) is 4.74 Å². The maximum absolute atomic E-state index is 13.2. The normalized spacial score (nSPS) is 15.6. The average molecular weight is 544 g/mol. The molecule has 2 unspecified atom stereocenters. The van der Waals surface area contributed by atoms with Crippen LogP contribution >= 0.6 is 22.6 Å². The Morgan fingerprint density at radius 2 is 1.45 bits per heavy atom. The molecule has 4 nitrogen and oxygen atoms in total. The van der Waals surface area contributed by atoms with Crippen LogP contribution in [0.2, 0.25) is 0 Å². The highest BCUT2D eigenvalue weighted by atomic mass is 127. The molecule has 0 radical (unpaired) electrons. The lowest BCUT2D eigenvalue weighted by molar-refractivity contribution is -0.284. The lowest BCUT2D eigenvalue weighted by atomic mass is 9.77. The summed E-state index contributed by atoms with van der Waals surface area (Å²) in [6.45, 7) is 3.28. The van der Waals surface area contributed by atoms with E-state index in [-0.39, 0.29) is 6.42 Å². The number of aliphatic carboxylic acids is 1. The summed E-state index contributed by atoms with van der Waals surface area (Å²) in [5.74, 6) is -7.55. The van der Waals surface area contributed by atoms with E-state index >= 15 is 0 Å². The molecule has 29 heavy (non-hydrogen) atoms. The third-order valence-electron chi connectivity index (χ3n) is 4.93. The number of halogens is 6. The van der Waals surface area contributed by atoms with Gasteiger partial charge in [0, 0.05) is 6.42 Å². The van der Waals surface area contributed by atoms with Gasteiger partial charge in [0.25, 0.3) is 0 Å². The van der Waals surface area contributed by atoms with Crippen molar-refractivity contribution >= 4 is 34.5 Å².